The summed E-state index contributed by atoms with van der Waals surface area (Å²) in [5, 5.41) is 7.08. The lowest BCUT2D eigenvalue weighted by Crippen LogP contribution is -2.19. The van der Waals surface area contributed by atoms with Crippen molar-refractivity contribution in [3.05, 3.63) is 11.9 Å². The van der Waals surface area contributed by atoms with Gasteiger partial charge in [-0.25, -0.2) is 9.97 Å². The van der Waals surface area contributed by atoms with Crippen LogP contribution in [0.2, 0.25) is 0 Å². The third kappa shape index (κ3) is 3.84. The van der Waals surface area contributed by atoms with Crippen molar-refractivity contribution in [3.63, 3.8) is 0 Å². The molecule has 1 fully saturated rings. The zero-order chi connectivity index (χ0) is 14.4. The molecule has 1 aliphatic rings. The first kappa shape index (κ1) is 15.1. The number of nitrogens with zero attached hydrogens (tertiary/aromatic N) is 2. The lowest BCUT2D eigenvalue weighted by atomic mass is 10.1. The molecule has 2 rings (SSSR count). The van der Waals surface area contributed by atoms with E-state index in [-0.39, 0.29) is 0 Å². The Morgan fingerprint density at radius 2 is 1.95 bits per heavy atom. The van der Waals surface area contributed by atoms with Gasteiger partial charge in [0.2, 0.25) is 0 Å². The smallest absolute Gasteiger partial charge is 0.134 e. The Balaban J connectivity index is 2.13. The Bertz CT molecular complexity index is 419. The second-order valence-electron chi connectivity index (χ2n) is 5.99. The van der Waals surface area contributed by atoms with Crippen LogP contribution >= 0.6 is 0 Å². The quantitative estimate of drug-likeness (QED) is 0.794. The van der Waals surface area contributed by atoms with Crippen LogP contribution in [0.5, 0.6) is 0 Å². The minimum Gasteiger partial charge on any atom is -0.370 e. The van der Waals surface area contributed by atoms with Gasteiger partial charge in [-0.15, -0.1) is 0 Å². The van der Waals surface area contributed by atoms with Gasteiger partial charge in [-0.2, -0.15) is 0 Å². The van der Waals surface area contributed by atoms with E-state index in [0.29, 0.717) is 6.04 Å². The summed E-state index contributed by atoms with van der Waals surface area (Å²) in [4.78, 5) is 8.92. The second-order valence-corrected chi connectivity index (χ2v) is 5.99. The molecule has 0 aromatic carbocycles. The van der Waals surface area contributed by atoms with Crippen molar-refractivity contribution in [3.8, 4) is 0 Å². The highest BCUT2D eigenvalue weighted by Gasteiger charge is 2.22. The lowest BCUT2D eigenvalue weighted by Gasteiger charge is -2.18. The van der Waals surface area contributed by atoms with E-state index in [4.69, 9.17) is 0 Å². The monoisotopic (exact) mass is 276 g/mol. The van der Waals surface area contributed by atoms with E-state index in [1.165, 1.54) is 24.8 Å². The summed E-state index contributed by atoms with van der Waals surface area (Å²) in [6.45, 7) is 7.68. The fourth-order valence-corrected chi connectivity index (χ4v) is 2.95. The van der Waals surface area contributed by atoms with E-state index in [9.17, 15) is 0 Å². The molecule has 1 aromatic heterocycles. The molecular formula is C16H28N4. The molecule has 20 heavy (non-hydrogen) atoms. The molecule has 2 unspecified atom stereocenters. The summed E-state index contributed by atoms with van der Waals surface area (Å²) in [5.41, 5.74) is 1.25. The van der Waals surface area contributed by atoms with Crippen LogP contribution in [0.15, 0.2) is 6.33 Å². The van der Waals surface area contributed by atoms with Crippen LogP contribution in [0, 0.1) is 5.92 Å². The Kier molecular flexibility index (Phi) is 5.62. The minimum atomic E-state index is 0.578. The predicted octanol–water partition coefficient (Wildman–Crippen LogP) is 3.85. The van der Waals surface area contributed by atoms with E-state index < -0.39 is 0 Å². The summed E-state index contributed by atoms with van der Waals surface area (Å²) in [5.74, 6) is 2.89. The molecule has 0 spiro atoms. The fourth-order valence-electron chi connectivity index (χ4n) is 2.95. The van der Waals surface area contributed by atoms with Gasteiger partial charge in [-0.3, -0.25) is 0 Å². The molecule has 0 aliphatic heterocycles. The SMILES string of the molecule is CCCNc1ncnc(NC2CCC(C)C2)c1CCC. The van der Waals surface area contributed by atoms with Crippen molar-refractivity contribution in [2.45, 2.75) is 65.3 Å². The highest BCUT2D eigenvalue weighted by atomic mass is 15.1. The standard InChI is InChI=1S/C16H28N4/c1-4-6-14-15(17-9-5-2)18-11-19-16(14)20-13-8-7-12(3)10-13/h11-13H,4-10H2,1-3H3,(H2,17,18,19,20). The molecule has 4 nitrogen and oxygen atoms in total. The summed E-state index contributed by atoms with van der Waals surface area (Å²) in [7, 11) is 0. The zero-order valence-electron chi connectivity index (χ0n) is 13.1. The molecule has 0 radical (unpaired) electrons. The molecule has 1 heterocycles. The maximum Gasteiger partial charge on any atom is 0.134 e. The maximum atomic E-state index is 4.49. The van der Waals surface area contributed by atoms with Gasteiger partial charge in [0.15, 0.2) is 0 Å². The van der Waals surface area contributed by atoms with E-state index >= 15 is 0 Å². The number of anilines is 2. The number of rotatable bonds is 7. The molecule has 0 bridgehead atoms. The number of nitrogens with one attached hydrogen (secondary N) is 2. The molecular weight excluding hydrogens is 248 g/mol. The van der Waals surface area contributed by atoms with Crippen molar-refractivity contribution in [1.29, 1.82) is 0 Å². The van der Waals surface area contributed by atoms with Gasteiger partial charge in [0.05, 0.1) is 0 Å². The van der Waals surface area contributed by atoms with Crippen molar-refractivity contribution in [2.75, 3.05) is 17.2 Å². The fraction of sp³-hybridized carbons (Fsp3) is 0.750. The van der Waals surface area contributed by atoms with Crippen molar-refractivity contribution >= 4 is 11.6 Å². The van der Waals surface area contributed by atoms with Crippen LogP contribution in [0.4, 0.5) is 11.6 Å². The topological polar surface area (TPSA) is 49.8 Å². The average Bonchev–Trinajstić information content (AvgIpc) is 2.85. The summed E-state index contributed by atoms with van der Waals surface area (Å²) < 4.78 is 0. The molecule has 0 saturated heterocycles. The predicted molar refractivity (Wildman–Crippen MR) is 85.2 cm³/mol. The van der Waals surface area contributed by atoms with Gasteiger partial charge in [0.1, 0.15) is 18.0 Å². The van der Waals surface area contributed by atoms with E-state index in [2.05, 4.69) is 41.4 Å². The first-order chi connectivity index (χ1) is 9.74. The Labute approximate surface area is 122 Å². The third-order valence-corrected chi connectivity index (χ3v) is 4.02. The average molecular weight is 276 g/mol. The van der Waals surface area contributed by atoms with Crippen LogP contribution < -0.4 is 10.6 Å². The lowest BCUT2D eigenvalue weighted by molar-refractivity contribution is 0.602. The number of hydrogen-bond donors (Lipinski definition) is 2. The maximum absolute atomic E-state index is 4.49. The Morgan fingerprint density at radius 3 is 2.60 bits per heavy atom. The molecule has 1 aliphatic carbocycles. The molecule has 2 N–H and O–H groups in total. The van der Waals surface area contributed by atoms with Crippen LogP contribution in [0.3, 0.4) is 0 Å². The number of aromatic nitrogens is 2. The van der Waals surface area contributed by atoms with Crippen LogP contribution in [0.1, 0.15) is 58.4 Å². The highest BCUT2D eigenvalue weighted by molar-refractivity contribution is 5.57. The largest absolute Gasteiger partial charge is 0.370 e. The minimum absolute atomic E-state index is 0.578. The molecule has 1 aromatic rings. The normalized spacial score (nSPS) is 21.9. The van der Waals surface area contributed by atoms with E-state index in [0.717, 1.165) is 43.4 Å². The Morgan fingerprint density at radius 1 is 1.15 bits per heavy atom. The van der Waals surface area contributed by atoms with Crippen molar-refractivity contribution in [1.82, 2.24) is 9.97 Å². The van der Waals surface area contributed by atoms with Gasteiger partial charge in [0.25, 0.3) is 0 Å². The first-order valence-corrected chi connectivity index (χ1v) is 8.08. The van der Waals surface area contributed by atoms with Gasteiger partial charge < -0.3 is 10.6 Å². The molecule has 4 heteroatoms. The van der Waals surface area contributed by atoms with Gasteiger partial charge in [-0.1, -0.05) is 27.2 Å². The zero-order valence-corrected chi connectivity index (χ0v) is 13.1. The van der Waals surface area contributed by atoms with E-state index in [1.807, 2.05) is 0 Å². The highest BCUT2D eigenvalue weighted by Crippen LogP contribution is 2.29. The van der Waals surface area contributed by atoms with Crippen LogP contribution in [-0.4, -0.2) is 22.6 Å². The first-order valence-electron chi connectivity index (χ1n) is 8.08. The Hall–Kier alpha value is -1.32. The van der Waals surface area contributed by atoms with Gasteiger partial charge >= 0.3 is 0 Å². The van der Waals surface area contributed by atoms with E-state index in [1.54, 1.807) is 6.33 Å². The van der Waals surface area contributed by atoms with Crippen molar-refractivity contribution < 1.29 is 0 Å². The number of hydrogen-bond acceptors (Lipinski definition) is 4. The van der Waals surface area contributed by atoms with Crippen molar-refractivity contribution in [2.24, 2.45) is 5.92 Å². The summed E-state index contributed by atoms with van der Waals surface area (Å²) >= 11 is 0. The summed E-state index contributed by atoms with van der Waals surface area (Å²) in [6.07, 6.45) is 8.77. The van der Waals surface area contributed by atoms with Crippen LogP contribution in [0.25, 0.3) is 0 Å². The third-order valence-electron chi connectivity index (χ3n) is 4.02. The van der Waals surface area contributed by atoms with Gasteiger partial charge in [-0.05, 0) is 38.0 Å². The molecule has 1 saturated carbocycles. The molecule has 0 amide bonds. The summed E-state index contributed by atoms with van der Waals surface area (Å²) in [6, 6.07) is 0.578. The molecule has 2 atom stereocenters. The van der Waals surface area contributed by atoms with Crippen LogP contribution in [-0.2, 0) is 6.42 Å². The second kappa shape index (κ2) is 7.46. The van der Waals surface area contributed by atoms with Gasteiger partial charge in [0, 0.05) is 18.2 Å². The molecule has 112 valence electrons.